The first-order valence-corrected chi connectivity index (χ1v) is 8.31. The minimum Gasteiger partial charge on any atom is -0.493 e. The van der Waals surface area contributed by atoms with Gasteiger partial charge in [-0.1, -0.05) is 18.2 Å². The minimum absolute atomic E-state index is 0.163. The summed E-state index contributed by atoms with van der Waals surface area (Å²) in [6, 6.07) is 11.2. The van der Waals surface area contributed by atoms with E-state index in [9.17, 15) is 14.0 Å². The Bertz CT molecular complexity index is 801. The highest BCUT2D eigenvalue weighted by Crippen LogP contribution is 2.35. The number of hydrogen-bond donors (Lipinski definition) is 0. The van der Waals surface area contributed by atoms with Gasteiger partial charge in [0.15, 0.2) is 11.5 Å². The molecule has 0 radical (unpaired) electrons. The van der Waals surface area contributed by atoms with Crippen molar-refractivity contribution in [2.24, 2.45) is 0 Å². The van der Waals surface area contributed by atoms with E-state index in [0.29, 0.717) is 11.5 Å². The average Bonchev–Trinajstić information content (AvgIpc) is 2.65. The van der Waals surface area contributed by atoms with E-state index in [0.717, 1.165) is 11.1 Å². The van der Waals surface area contributed by atoms with Crippen LogP contribution >= 0.6 is 0 Å². The van der Waals surface area contributed by atoms with Crippen molar-refractivity contribution in [3.8, 4) is 11.5 Å². The Labute approximate surface area is 151 Å². The van der Waals surface area contributed by atoms with Crippen LogP contribution in [-0.2, 0) is 16.1 Å². The molecule has 0 atom stereocenters. The van der Waals surface area contributed by atoms with Crippen molar-refractivity contribution in [3.63, 3.8) is 0 Å². The van der Waals surface area contributed by atoms with Crippen molar-refractivity contribution < 1.29 is 23.5 Å². The Balaban J connectivity index is 1.75. The molecule has 5 nitrogen and oxygen atoms in total. The number of rotatable bonds is 5. The second-order valence-electron chi connectivity index (χ2n) is 6.22. The maximum absolute atomic E-state index is 13.0. The largest absolute Gasteiger partial charge is 0.493 e. The molecule has 2 aromatic rings. The molecule has 26 heavy (non-hydrogen) atoms. The second kappa shape index (κ2) is 7.56. The number of hydrogen-bond acceptors (Lipinski definition) is 4. The molecule has 1 aliphatic heterocycles. The molecule has 6 heteroatoms. The quantitative estimate of drug-likeness (QED) is 0.771. The van der Waals surface area contributed by atoms with E-state index in [4.69, 9.17) is 9.47 Å². The Morgan fingerprint density at radius 2 is 1.58 bits per heavy atom. The van der Waals surface area contributed by atoms with Crippen molar-refractivity contribution in [1.82, 2.24) is 4.90 Å². The summed E-state index contributed by atoms with van der Waals surface area (Å²) in [7, 11) is 3.10. The predicted octanol–water partition coefficient (Wildman–Crippen LogP) is 3.28. The standard InChI is InChI=1S/C20H20FNO4/c1-25-17-8-5-14(9-18(17)26-2)15-10-19(23)22(20(24)11-15)12-13-3-6-16(21)7-4-13/h3-9,15H,10-12H2,1-2H3. The maximum atomic E-state index is 13.0. The van der Waals surface area contributed by atoms with Crippen LogP contribution in [0.4, 0.5) is 4.39 Å². The number of carbonyl (C=O) groups excluding carboxylic acids is 2. The number of imide groups is 1. The first-order valence-electron chi connectivity index (χ1n) is 8.31. The lowest BCUT2D eigenvalue weighted by Gasteiger charge is -2.30. The van der Waals surface area contributed by atoms with E-state index >= 15 is 0 Å². The first-order chi connectivity index (χ1) is 12.5. The van der Waals surface area contributed by atoms with Crippen LogP contribution in [0.5, 0.6) is 11.5 Å². The molecule has 1 heterocycles. The van der Waals surface area contributed by atoms with Gasteiger partial charge in [-0.25, -0.2) is 4.39 Å². The average molecular weight is 357 g/mol. The van der Waals surface area contributed by atoms with Crippen LogP contribution in [0.15, 0.2) is 42.5 Å². The number of likely N-dealkylation sites (tertiary alicyclic amines) is 1. The Hall–Kier alpha value is -2.89. The molecule has 1 aliphatic rings. The fraction of sp³-hybridized carbons (Fsp3) is 0.300. The fourth-order valence-corrected chi connectivity index (χ4v) is 3.14. The van der Waals surface area contributed by atoms with Crippen LogP contribution in [0.3, 0.4) is 0 Å². The number of carbonyl (C=O) groups is 2. The van der Waals surface area contributed by atoms with Gasteiger partial charge in [0.2, 0.25) is 11.8 Å². The molecule has 0 N–H and O–H groups in total. The molecule has 2 aromatic carbocycles. The molecule has 0 saturated carbocycles. The lowest BCUT2D eigenvalue weighted by atomic mass is 9.88. The topological polar surface area (TPSA) is 55.8 Å². The summed E-state index contributed by atoms with van der Waals surface area (Å²) in [5.74, 6) is 0.162. The van der Waals surface area contributed by atoms with Crippen LogP contribution in [0.1, 0.15) is 29.9 Å². The van der Waals surface area contributed by atoms with Crippen molar-refractivity contribution in [2.45, 2.75) is 25.3 Å². The summed E-state index contributed by atoms with van der Waals surface area (Å²) in [5, 5.41) is 0. The number of nitrogens with zero attached hydrogens (tertiary/aromatic N) is 1. The van der Waals surface area contributed by atoms with Crippen LogP contribution in [0, 0.1) is 5.82 Å². The summed E-state index contributed by atoms with van der Waals surface area (Å²) in [5.41, 5.74) is 1.59. The third-order valence-corrected chi connectivity index (χ3v) is 4.58. The van der Waals surface area contributed by atoms with Gasteiger partial charge in [0.25, 0.3) is 0 Å². The number of methoxy groups -OCH3 is 2. The zero-order valence-electron chi connectivity index (χ0n) is 14.7. The monoisotopic (exact) mass is 357 g/mol. The first kappa shape index (κ1) is 17.9. The van der Waals surface area contributed by atoms with Gasteiger partial charge in [0.1, 0.15) is 5.82 Å². The highest BCUT2D eigenvalue weighted by Gasteiger charge is 2.33. The number of benzene rings is 2. The van der Waals surface area contributed by atoms with E-state index in [1.807, 2.05) is 6.07 Å². The molecule has 0 aromatic heterocycles. The van der Waals surface area contributed by atoms with Crippen LogP contribution in [0.2, 0.25) is 0 Å². The van der Waals surface area contributed by atoms with Gasteiger partial charge < -0.3 is 9.47 Å². The van der Waals surface area contributed by atoms with Gasteiger partial charge in [0.05, 0.1) is 20.8 Å². The predicted molar refractivity (Wildman–Crippen MR) is 93.5 cm³/mol. The molecule has 1 fully saturated rings. The number of halogens is 1. The van der Waals surface area contributed by atoms with Gasteiger partial charge in [-0.3, -0.25) is 14.5 Å². The summed E-state index contributed by atoms with van der Waals surface area (Å²) in [6.45, 7) is 0.163. The highest BCUT2D eigenvalue weighted by atomic mass is 19.1. The number of piperidine rings is 1. The van der Waals surface area contributed by atoms with Crippen molar-refractivity contribution >= 4 is 11.8 Å². The van der Waals surface area contributed by atoms with E-state index in [2.05, 4.69) is 0 Å². The smallest absolute Gasteiger partial charge is 0.230 e. The Kier molecular flexibility index (Phi) is 5.21. The molecule has 0 aliphatic carbocycles. The third kappa shape index (κ3) is 3.69. The van der Waals surface area contributed by atoms with Crippen molar-refractivity contribution in [3.05, 3.63) is 59.4 Å². The van der Waals surface area contributed by atoms with E-state index in [-0.39, 0.29) is 42.9 Å². The van der Waals surface area contributed by atoms with Crippen LogP contribution in [-0.4, -0.2) is 30.9 Å². The molecular formula is C20H20FNO4. The summed E-state index contributed by atoms with van der Waals surface area (Å²) < 4.78 is 23.5. The van der Waals surface area contributed by atoms with Crippen molar-refractivity contribution in [2.75, 3.05) is 14.2 Å². The maximum Gasteiger partial charge on any atom is 0.230 e. The van der Waals surface area contributed by atoms with Gasteiger partial charge >= 0.3 is 0 Å². The Morgan fingerprint density at radius 1 is 0.962 bits per heavy atom. The summed E-state index contributed by atoms with van der Waals surface area (Å²) >= 11 is 0. The van der Waals surface area contributed by atoms with Gasteiger partial charge in [-0.15, -0.1) is 0 Å². The van der Waals surface area contributed by atoms with Crippen LogP contribution < -0.4 is 9.47 Å². The minimum atomic E-state index is -0.349. The molecule has 0 spiro atoms. The summed E-state index contributed by atoms with van der Waals surface area (Å²) in [4.78, 5) is 26.3. The van der Waals surface area contributed by atoms with E-state index in [1.54, 1.807) is 38.5 Å². The second-order valence-corrected chi connectivity index (χ2v) is 6.22. The van der Waals surface area contributed by atoms with Crippen LogP contribution in [0.25, 0.3) is 0 Å². The molecule has 0 unspecified atom stereocenters. The zero-order valence-corrected chi connectivity index (χ0v) is 14.7. The van der Waals surface area contributed by atoms with Crippen molar-refractivity contribution in [1.29, 1.82) is 0 Å². The molecule has 2 amide bonds. The molecule has 1 saturated heterocycles. The lowest BCUT2D eigenvalue weighted by Crippen LogP contribution is -2.42. The normalized spacial score (nSPS) is 15.3. The molecule has 0 bridgehead atoms. The lowest BCUT2D eigenvalue weighted by molar-refractivity contribution is -0.149. The Morgan fingerprint density at radius 3 is 2.15 bits per heavy atom. The fourth-order valence-electron chi connectivity index (χ4n) is 3.14. The molecular weight excluding hydrogens is 337 g/mol. The SMILES string of the molecule is COc1ccc(C2CC(=O)N(Cc3ccc(F)cc3)C(=O)C2)cc1OC. The van der Waals surface area contributed by atoms with E-state index < -0.39 is 0 Å². The van der Waals surface area contributed by atoms with Gasteiger partial charge in [0, 0.05) is 18.8 Å². The molecule has 136 valence electrons. The van der Waals surface area contributed by atoms with Gasteiger partial charge in [-0.2, -0.15) is 0 Å². The van der Waals surface area contributed by atoms with Gasteiger partial charge in [-0.05, 0) is 35.4 Å². The third-order valence-electron chi connectivity index (χ3n) is 4.58. The van der Waals surface area contributed by atoms with E-state index in [1.165, 1.54) is 17.0 Å². The molecule has 3 rings (SSSR count). The number of ether oxygens (including phenoxy) is 2. The summed E-state index contributed by atoms with van der Waals surface area (Å²) in [6.07, 6.45) is 0.477. The highest BCUT2D eigenvalue weighted by molar-refractivity contribution is 5.98. The number of amides is 2. The zero-order chi connectivity index (χ0) is 18.7.